The fourth-order valence-corrected chi connectivity index (χ4v) is 2.61. The van der Waals surface area contributed by atoms with Gasteiger partial charge in [-0.25, -0.2) is 0 Å². The molecule has 0 amide bonds. The Balaban J connectivity index is 1.78. The van der Waals surface area contributed by atoms with Crippen molar-refractivity contribution in [2.24, 2.45) is 5.41 Å². The van der Waals surface area contributed by atoms with E-state index < -0.39 is 0 Å². The highest BCUT2D eigenvalue weighted by Crippen LogP contribution is 2.28. The van der Waals surface area contributed by atoms with Crippen molar-refractivity contribution in [1.29, 1.82) is 0 Å². The van der Waals surface area contributed by atoms with Gasteiger partial charge in [-0.15, -0.1) is 0 Å². The molecule has 1 fully saturated rings. The Morgan fingerprint density at radius 2 is 2.00 bits per heavy atom. The molecule has 2 nitrogen and oxygen atoms in total. The number of hydrogen-bond donors (Lipinski definition) is 1. The summed E-state index contributed by atoms with van der Waals surface area (Å²) >= 11 is 0. The SMILES string of the molecule is COc1ccc(CCC(C)(C)CCNC2CC2)cc1C. The van der Waals surface area contributed by atoms with Gasteiger partial charge >= 0.3 is 0 Å². The van der Waals surface area contributed by atoms with Gasteiger partial charge in [-0.1, -0.05) is 26.0 Å². The molecule has 2 rings (SSSR count). The van der Waals surface area contributed by atoms with Crippen molar-refractivity contribution in [2.45, 2.75) is 58.9 Å². The van der Waals surface area contributed by atoms with E-state index in [1.807, 2.05) is 0 Å². The third-order valence-electron chi connectivity index (χ3n) is 4.36. The van der Waals surface area contributed by atoms with Crippen molar-refractivity contribution < 1.29 is 4.74 Å². The lowest BCUT2D eigenvalue weighted by Crippen LogP contribution is -2.24. The van der Waals surface area contributed by atoms with Crippen LogP contribution in [0.15, 0.2) is 18.2 Å². The number of methoxy groups -OCH3 is 1. The Kier molecular flexibility index (Phi) is 5.09. The second-order valence-electron chi connectivity index (χ2n) is 6.95. The van der Waals surface area contributed by atoms with E-state index in [0.717, 1.165) is 18.2 Å². The summed E-state index contributed by atoms with van der Waals surface area (Å²) in [6.45, 7) is 8.06. The molecule has 0 atom stereocenters. The van der Waals surface area contributed by atoms with Crippen LogP contribution < -0.4 is 10.1 Å². The highest BCUT2D eigenvalue weighted by Gasteiger charge is 2.22. The van der Waals surface area contributed by atoms with E-state index in [1.165, 1.54) is 43.4 Å². The molecule has 1 aromatic carbocycles. The van der Waals surface area contributed by atoms with E-state index in [-0.39, 0.29) is 0 Å². The van der Waals surface area contributed by atoms with Crippen LogP contribution in [0.1, 0.15) is 50.7 Å². The van der Waals surface area contributed by atoms with E-state index in [9.17, 15) is 0 Å². The van der Waals surface area contributed by atoms with Crippen molar-refractivity contribution in [1.82, 2.24) is 5.32 Å². The summed E-state index contributed by atoms with van der Waals surface area (Å²) < 4.78 is 5.32. The van der Waals surface area contributed by atoms with E-state index in [2.05, 4.69) is 44.3 Å². The van der Waals surface area contributed by atoms with Crippen LogP contribution in [0.4, 0.5) is 0 Å². The quantitative estimate of drug-likeness (QED) is 0.771. The summed E-state index contributed by atoms with van der Waals surface area (Å²) in [7, 11) is 1.73. The lowest BCUT2D eigenvalue weighted by Gasteiger charge is -2.25. The zero-order valence-electron chi connectivity index (χ0n) is 13.5. The molecular weight excluding hydrogens is 246 g/mol. The molecule has 1 N–H and O–H groups in total. The summed E-state index contributed by atoms with van der Waals surface area (Å²) in [6, 6.07) is 7.38. The van der Waals surface area contributed by atoms with Gasteiger partial charge in [0.1, 0.15) is 5.75 Å². The Bertz CT molecular complexity index is 435. The van der Waals surface area contributed by atoms with Gasteiger partial charge in [-0.2, -0.15) is 0 Å². The Labute approximate surface area is 123 Å². The topological polar surface area (TPSA) is 21.3 Å². The summed E-state index contributed by atoms with van der Waals surface area (Å²) in [5, 5.41) is 3.62. The Morgan fingerprint density at radius 3 is 2.60 bits per heavy atom. The molecule has 1 aromatic rings. The maximum Gasteiger partial charge on any atom is 0.121 e. The summed E-state index contributed by atoms with van der Waals surface area (Å²) in [4.78, 5) is 0. The lowest BCUT2D eigenvalue weighted by molar-refractivity contribution is 0.302. The second-order valence-corrected chi connectivity index (χ2v) is 6.95. The first kappa shape index (κ1) is 15.4. The van der Waals surface area contributed by atoms with Crippen molar-refractivity contribution in [3.05, 3.63) is 29.3 Å². The van der Waals surface area contributed by atoms with Crippen molar-refractivity contribution in [3.63, 3.8) is 0 Å². The summed E-state index contributed by atoms with van der Waals surface area (Å²) in [6.07, 6.45) is 6.42. The third kappa shape index (κ3) is 4.82. The molecule has 0 heterocycles. The van der Waals surface area contributed by atoms with Gasteiger partial charge in [-0.05, 0) is 68.2 Å². The van der Waals surface area contributed by atoms with Crippen LogP contribution in [0.25, 0.3) is 0 Å². The normalized spacial score (nSPS) is 15.4. The fraction of sp³-hybridized carbons (Fsp3) is 0.667. The van der Waals surface area contributed by atoms with Crippen LogP contribution in [0, 0.1) is 12.3 Å². The minimum Gasteiger partial charge on any atom is -0.496 e. The van der Waals surface area contributed by atoms with Crippen LogP contribution in [-0.2, 0) is 6.42 Å². The molecule has 0 saturated heterocycles. The lowest BCUT2D eigenvalue weighted by atomic mass is 9.83. The predicted octanol–water partition coefficient (Wildman–Crippen LogP) is 4.10. The first-order valence-electron chi connectivity index (χ1n) is 7.87. The van der Waals surface area contributed by atoms with Gasteiger partial charge in [0, 0.05) is 6.04 Å². The highest BCUT2D eigenvalue weighted by atomic mass is 16.5. The van der Waals surface area contributed by atoms with Gasteiger partial charge in [0.2, 0.25) is 0 Å². The van der Waals surface area contributed by atoms with E-state index >= 15 is 0 Å². The first-order chi connectivity index (χ1) is 9.50. The number of hydrogen-bond acceptors (Lipinski definition) is 2. The largest absolute Gasteiger partial charge is 0.496 e. The third-order valence-corrected chi connectivity index (χ3v) is 4.36. The predicted molar refractivity (Wildman–Crippen MR) is 85.5 cm³/mol. The molecular formula is C18H29NO. The molecule has 0 unspecified atom stereocenters. The Hall–Kier alpha value is -1.02. The van der Waals surface area contributed by atoms with Gasteiger partial charge in [0.15, 0.2) is 0 Å². The van der Waals surface area contributed by atoms with Crippen molar-refractivity contribution >= 4 is 0 Å². The number of nitrogens with one attached hydrogen (secondary N) is 1. The van der Waals surface area contributed by atoms with Gasteiger partial charge in [-0.3, -0.25) is 0 Å². The highest BCUT2D eigenvalue weighted by molar-refractivity contribution is 5.36. The maximum atomic E-state index is 5.32. The molecule has 0 aromatic heterocycles. The van der Waals surface area contributed by atoms with E-state index in [4.69, 9.17) is 4.74 Å². The standard InChI is InChI=1S/C18H29NO/c1-14-13-15(5-8-17(14)20-4)9-10-18(2,3)11-12-19-16-6-7-16/h5,8,13,16,19H,6-7,9-12H2,1-4H3. The molecule has 112 valence electrons. The average molecular weight is 275 g/mol. The van der Waals surface area contributed by atoms with Gasteiger partial charge < -0.3 is 10.1 Å². The van der Waals surface area contributed by atoms with E-state index in [1.54, 1.807) is 7.11 Å². The minimum absolute atomic E-state index is 0.412. The summed E-state index contributed by atoms with van der Waals surface area (Å²) in [5.74, 6) is 0.988. The number of aryl methyl sites for hydroxylation is 2. The molecule has 1 aliphatic rings. The van der Waals surface area contributed by atoms with Crippen LogP contribution in [-0.4, -0.2) is 19.7 Å². The zero-order valence-corrected chi connectivity index (χ0v) is 13.5. The smallest absolute Gasteiger partial charge is 0.121 e. The van der Waals surface area contributed by atoms with Gasteiger partial charge in [0.25, 0.3) is 0 Å². The van der Waals surface area contributed by atoms with Gasteiger partial charge in [0.05, 0.1) is 7.11 Å². The van der Waals surface area contributed by atoms with Crippen LogP contribution >= 0.6 is 0 Å². The molecule has 20 heavy (non-hydrogen) atoms. The second kappa shape index (κ2) is 6.62. The fourth-order valence-electron chi connectivity index (χ4n) is 2.61. The Morgan fingerprint density at radius 1 is 1.25 bits per heavy atom. The number of ether oxygens (including phenoxy) is 1. The molecule has 1 aliphatic carbocycles. The van der Waals surface area contributed by atoms with E-state index in [0.29, 0.717) is 5.41 Å². The monoisotopic (exact) mass is 275 g/mol. The van der Waals surface area contributed by atoms with Crippen molar-refractivity contribution in [2.75, 3.05) is 13.7 Å². The average Bonchev–Trinajstić information content (AvgIpc) is 3.21. The molecule has 0 bridgehead atoms. The van der Waals surface area contributed by atoms with Crippen LogP contribution in [0.5, 0.6) is 5.75 Å². The molecule has 0 aliphatic heterocycles. The molecule has 1 saturated carbocycles. The zero-order chi connectivity index (χ0) is 14.6. The molecule has 0 spiro atoms. The first-order valence-corrected chi connectivity index (χ1v) is 7.87. The molecule has 0 radical (unpaired) electrons. The molecule has 2 heteroatoms. The number of benzene rings is 1. The van der Waals surface area contributed by atoms with Crippen LogP contribution in [0.2, 0.25) is 0 Å². The van der Waals surface area contributed by atoms with Crippen LogP contribution in [0.3, 0.4) is 0 Å². The summed E-state index contributed by atoms with van der Waals surface area (Å²) in [5.41, 5.74) is 3.07. The van der Waals surface area contributed by atoms with Crippen molar-refractivity contribution in [3.8, 4) is 5.75 Å². The maximum absolute atomic E-state index is 5.32. The number of rotatable bonds is 8. The minimum atomic E-state index is 0.412.